The summed E-state index contributed by atoms with van der Waals surface area (Å²) in [6.45, 7) is 4.62. The molecular formula is C21H21N7S. The SMILES string of the molecule is Nc1ccc2c(N3CCN(Cc4csc(-c5ccccc5)n4)CC3)ncnc2n1. The lowest BCUT2D eigenvalue weighted by atomic mass is 10.2. The highest BCUT2D eigenvalue weighted by Crippen LogP contribution is 2.26. The second kappa shape index (κ2) is 7.73. The fourth-order valence-corrected chi connectivity index (χ4v) is 4.45. The van der Waals surface area contributed by atoms with Gasteiger partial charge in [0.15, 0.2) is 5.65 Å². The van der Waals surface area contributed by atoms with Crippen LogP contribution in [0, 0.1) is 0 Å². The zero-order valence-corrected chi connectivity index (χ0v) is 16.7. The summed E-state index contributed by atoms with van der Waals surface area (Å²) in [5, 5.41) is 4.20. The first-order valence-electron chi connectivity index (χ1n) is 9.60. The largest absolute Gasteiger partial charge is 0.384 e. The molecule has 4 aromatic rings. The highest BCUT2D eigenvalue weighted by atomic mass is 32.1. The van der Waals surface area contributed by atoms with Crippen molar-refractivity contribution in [1.29, 1.82) is 0 Å². The number of fused-ring (bicyclic) bond motifs is 1. The van der Waals surface area contributed by atoms with Crippen molar-refractivity contribution in [3.8, 4) is 10.6 Å². The zero-order chi connectivity index (χ0) is 19.6. The van der Waals surface area contributed by atoms with E-state index < -0.39 is 0 Å². The minimum Gasteiger partial charge on any atom is -0.384 e. The highest BCUT2D eigenvalue weighted by molar-refractivity contribution is 7.13. The van der Waals surface area contributed by atoms with E-state index in [9.17, 15) is 0 Å². The number of nitrogens with zero attached hydrogens (tertiary/aromatic N) is 6. The van der Waals surface area contributed by atoms with Gasteiger partial charge in [-0.2, -0.15) is 0 Å². The molecule has 0 spiro atoms. The van der Waals surface area contributed by atoms with Crippen molar-refractivity contribution in [2.45, 2.75) is 6.54 Å². The third-order valence-corrected chi connectivity index (χ3v) is 6.07. The minimum absolute atomic E-state index is 0.477. The summed E-state index contributed by atoms with van der Waals surface area (Å²) >= 11 is 1.71. The number of pyridine rings is 1. The van der Waals surface area contributed by atoms with Crippen LogP contribution in [0.4, 0.5) is 11.6 Å². The third kappa shape index (κ3) is 3.76. The van der Waals surface area contributed by atoms with Crippen LogP contribution in [-0.2, 0) is 6.54 Å². The maximum Gasteiger partial charge on any atom is 0.166 e. The Bertz CT molecular complexity index is 1120. The Labute approximate surface area is 172 Å². The molecule has 0 radical (unpaired) electrons. The lowest BCUT2D eigenvalue weighted by Gasteiger charge is -2.35. The molecule has 0 bridgehead atoms. The molecule has 0 atom stereocenters. The van der Waals surface area contributed by atoms with E-state index in [4.69, 9.17) is 10.7 Å². The predicted octanol–water partition coefficient (Wildman–Crippen LogP) is 3.05. The van der Waals surface area contributed by atoms with Gasteiger partial charge in [0.2, 0.25) is 0 Å². The van der Waals surface area contributed by atoms with Gasteiger partial charge in [-0.25, -0.2) is 19.9 Å². The van der Waals surface area contributed by atoms with Crippen LogP contribution < -0.4 is 10.6 Å². The van der Waals surface area contributed by atoms with Gasteiger partial charge in [-0.3, -0.25) is 4.90 Å². The summed E-state index contributed by atoms with van der Waals surface area (Å²) in [6.07, 6.45) is 1.57. The van der Waals surface area contributed by atoms with Gasteiger partial charge in [-0.15, -0.1) is 11.3 Å². The van der Waals surface area contributed by atoms with E-state index >= 15 is 0 Å². The number of nitrogen functional groups attached to an aromatic ring is 1. The van der Waals surface area contributed by atoms with Crippen LogP contribution in [0.2, 0.25) is 0 Å². The van der Waals surface area contributed by atoms with E-state index in [1.54, 1.807) is 23.7 Å². The monoisotopic (exact) mass is 403 g/mol. The Kier molecular flexibility index (Phi) is 4.79. The average molecular weight is 404 g/mol. The van der Waals surface area contributed by atoms with Crippen molar-refractivity contribution in [3.63, 3.8) is 0 Å². The molecule has 1 aliphatic heterocycles. The number of hydrogen-bond acceptors (Lipinski definition) is 8. The van der Waals surface area contributed by atoms with Gasteiger partial charge in [0.25, 0.3) is 0 Å². The van der Waals surface area contributed by atoms with Gasteiger partial charge in [-0.05, 0) is 12.1 Å². The fraction of sp³-hybridized carbons (Fsp3) is 0.238. The normalized spacial score (nSPS) is 15.1. The second-order valence-electron chi connectivity index (χ2n) is 7.08. The van der Waals surface area contributed by atoms with E-state index in [0.29, 0.717) is 11.5 Å². The maximum atomic E-state index is 5.79. The molecular weight excluding hydrogens is 382 g/mol. The van der Waals surface area contributed by atoms with Gasteiger partial charge >= 0.3 is 0 Å². The van der Waals surface area contributed by atoms with E-state index in [0.717, 1.165) is 54.6 Å². The summed E-state index contributed by atoms with van der Waals surface area (Å²) in [4.78, 5) is 22.6. The molecule has 8 heteroatoms. The number of thiazole rings is 1. The van der Waals surface area contributed by atoms with Crippen LogP contribution in [-0.4, -0.2) is 51.0 Å². The molecule has 2 N–H and O–H groups in total. The average Bonchev–Trinajstić information content (AvgIpc) is 3.23. The number of benzene rings is 1. The summed E-state index contributed by atoms with van der Waals surface area (Å²) < 4.78 is 0. The third-order valence-electron chi connectivity index (χ3n) is 5.13. The van der Waals surface area contributed by atoms with Crippen LogP contribution in [0.1, 0.15) is 5.69 Å². The van der Waals surface area contributed by atoms with Crippen molar-refractivity contribution in [3.05, 3.63) is 59.9 Å². The van der Waals surface area contributed by atoms with E-state index in [1.807, 2.05) is 12.1 Å². The van der Waals surface area contributed by atoms with Crippen LogP contribution in [0.15, 0.2) is 54.2 Å². The predicted molar refractivity (Wildman–Crippen MR) is 117 cm³/mol. The zero-order valence-electron chi connectivity index (χ0n) is 15.9. The standard InChI is InChI=1S/C21H21N7S/c22-18-7-6-17-19(26-18)23-14-24-20(17)28-10-8-27(9-11-28)12-16-13-29-21(25-16)15-4-2-1-3-5-15/h1-7,13-14H,8-12H2,(H2,22,23,24,26). The Hall–Kier alpha value is -3.10. The summed E-state index contributed by atoms with van der Waals surface area (Å²) in [7, 11) is 0. The molecule has 0 saturated carbocycles. The molecule has 7 nitrogen and oxygen atoms in total. The van der Waals surface area contributed by atoms with Gasteiger partial charge in [-0.1, -0.05) is 30.3 Å². The van der Waals surface area contributed by atoms with Crippen LogP contribution in [0.5, 0.6) is 0 Å². The maximum absolute atomic E-state index is 5.79. The Morgan fingerprint density at radius 1 is 0.931 bits per heavy atom. The number of hydrogen-bond donors (Lipinski definition) is 1. The molecule has 29 heavy (non-hydrogen) atoms. The first-order valence-corrected chi connectivity index (χ1v) is 10.5. The lowest BCUT2D eigenvalue weighted by Crippen LogP contribution is -2.46. The Balaban J connectivity index is 1.25. The molecule has 1 aromatic carbocycles. The van der Waals surface area contributed by atoms with Crippen molar-refractivity contribution in [2.24, 2.45) is 0 Å². The number of anilines is 2. The quantitative estimate of drug-likeness (QED) is 0.561. The number of aromatic nitrogens is 4. The first-order chi connectivity index (χ1) is 14.3. The molecule has 4 heterocycles. The second-order valence-corrected chi connectivity index (χ2v) is 7.94. The smallest absolute Gasteiger partial charge is 0.166 e. The first kappa shape index (κ1) is 18.0. The van der Waals surface area contributed by atoms with Gasteiger partial charge in [0, 0.05) is 43.7 Å². The van der Waals surface area contributed by atoms with E-state index in [2.05, 4.69) is 54.4 Å². The van der Waals surface area contributed by atoms with Crippen LogP contribution in [0.3, 0.4) is 0 Å². The van der Waals surface area contributed by atoms with Gasteiger partial charge < -0.3 is 10.6 Å². The molecule has 1 saturated heterocycles. The number of nitrogens with two attached hydrogens (primary N) is 1. The van der Waals surface area contributed by atoms with Gasteiger partial charge in [0.05, 0.1) is 11.1 Å². The highest BCUT2D eigenvalue weighted by Gasteiger charge is 2.21. The van der Waals surface area contributed by atoms with Crippen molar-refractivity contribution >= 4 is 34.0 Å². The summed E-state index contributed by atoms with van der Waals surface area (Å²) in [5.41, 5.74) is 8.75. The molecule has 1 aliphatic rings. The number of rotatable bonds is 4. The molecule has 0 amide bonds. The van der Waals surface area contributed by atoms with Crippen LogP contribution in [0.25, 0.3) is 21.6 Å². The lowest BCUT2D eigenvalue weighted by molar-refractivity contribution is 0.247. The summed E-state index contributed by atoms with van der Waals surface area (Å²) in [5.74, 6) is 1.41. The van der Waals surface area contributed by atoms with Crippen molar-refractivity contribution in [1.82, 2.24) is 24.8 Å². The Morgan fingerprint density at radius 2 is 1.76 bits per heavy atom. The van der Waals surface area contributed by atoms with Gasteiger partial charge in [0.1, 0.15) is 23.0 Å². The molecule has 1 fully saturated rings. The minimum atomic E-state index is 0.477. The van der Waals surface area contributed by atoms with E-state index in [1.165, 1.54) is 5.56 Å². The molecule has 0 aliphatic carbocycles. The Morgan fingerprint density at radius 3 is 2.59 bits per heavy atom. The fourth-order valence-electron chi connectivity index (χ4n) is 3.64. The molecule has 3 aromatic heterocycles. The van der Waals surface area contributed by atoms with E-state index in [-0.39, 0.29) is 0 Å². The molecule has 146 valence electrons. The molecule has 5 rings (SSSR count). The summed E-state index contributed by atoms with van der Waals surface area (Å²) in [6, 6.07) is 14.1. The molecule has 0 unspecified atom stereocenters. The topological polar surface area (TPSA) is 84.1 Å². The number of piperazine rings is 1. The van der Waals surface area contributed by atoms with Crippen LogP contribution >= 0.6 is 11.3 Å². The van der Waals surface area contributed by atoms with Crippen molar-refractivity contribution in [2.75, 3.05) is 36.8 Å². The van der Waals surface area contributed by atoms with Crippen molar-refractivity contribution < 1.29 is 0 Å².